The highest BCUT2D eigenvalue weighted by atomic mass is 15.3. The maximum atomic E-state index is 4.79. The summed E-state index contributed by atoms with van der Waals surface area (Å²) in [5.41, 5.74) is 3.35. The molecule has 0 saturated heterocycles. The van der Waals surface area contributed by atoms with Crippen molar-refractivity contribution in [2.75, 3.05) is 5.32 Å². The first-order valence-corrected chi connectivity index (χ1v) is 9.29. The van der Waals surface area contributed by atoms with Gasteiger partial charge in [0.25, 0.3) is 0 Å². The zero-order valence-electron chi connectivity index (χ0n) is 15.3. The van der Waals surface area contributed by atoms with E-state index in [0.29, 0.717) is 5.92 Å². The van der Waals surface area contributed by atoms with Crippen LogP contribution < -0.4 is 5.32 Å². The summed E-state index contributed by atoms with van der Waals surface area (Å²) in [7, 11) is 0. The SMILES string of the molecule is CC(C)CCn1ccc(Nc2nc(-c3ccncc3)nc3c2CCC3)n1. The average Bonchev–Trinajstić information content (AvgIpc) is 3.30. The number of nitrogens with zero attached hydrogens (tertiary/aromatic N) is 5. The lowest BCUT2D eigenvalue weighted by Crippen LogP contribution is -2.06. The Morgan fingerprint density at radius 3 is 2.77 bits per heavy atom. The van der Waals surface area contributed by atoms with E-state index in [1.54, 1.807) is 12.4 Å². The normalized spacial score (nSPS) is 13.2. The minimum Gasteiger partial charge on any atom is -0.323 e. The van der Waals surface area contributed by atoms with Crippen molar-refractivity contribution in [3.63, 3.8) is 0 Å². The van der Waals surface area contributed by atoms with Crippen LogP contribution >= 0.6 is 0 Å². The third kappa shape index (κ3) is 3.59. The van der Waals surface area contributed by atoms with Gasteiger partial charge in [-0.2, -0.15) is 5.10 Å². The molecule has 1 aliphatic rings. The van der Waals surface area contributed by atoms with Crippen LogP contribution in [-0.2, 0) is 19.4 Å². The molecule has 0 bridgehead atoms. The van der Waals surface area contributed by atoms with Crippen molar-refractivity contribution in [2.45, 2.75) is 46.1 Å². The van der Waals surface area contributed by atoms with E-state index < -0.39 is 0 Å². The maximum absolute atomic E-state index is 4.79. The van der Waals surface area contributed by atoms with Crippen LogP contribution in [0.5, 0.6) is 0 Å². The molecule has 26 heavy (non-hydrogen) atoms. The molecule has 0 spiro atoms. The zero-order valence-corrected chi connectivity index (χ0v) is 15.3. The monoisotopic (exact) mass is 348 g/mol. The van der Waals surface area contributed by atoms with E-state index in [1.807, 2.05) is 29.1 Å². The Kier molecular flexibility index (Phi) is 4.65. The lowest BCUT2D eigenvalue weighted by molar-refractivity contribution is 0.488. The third-order valence-corrected chi connectivity index (χ3v) is 4.69. The van der Waals surface area contributed by atoms with E-state index in [4.69, 9.17) is 9.97 Å². The van der Waals surface area contributed by atoms with Crippen molar-refractivity contribution in [3.05, 3.63) is 48.0 Å². The number of pyridine rings is 1. The highest BCUT2D eigenvalue weighted by Gasteiger charge is 2.20. The maximum Gasteiger partial charge on any atom is 0.161 e. The molecule has 0 fully saturated rings. The van der Waals surface area contributed by atoms with Crippen molar-refractivity contribution in [3.8, 4) is 11.4 Å². The van der Waals surface area contributed by atoms with Gasteiger partial charge >= 0.3 is 0 Å². The molecule has 0 amide bonds. The second-order valence-electron chi connectivity index (χ2n) is 7.18. The summed E-state index contributed by atoms with van der Waals surface area (Å²) in [6.07, 6.45) is 9.84. The molecule has 4 rings (SSSR count). The summed E-state index contributed by atoms with van der Waals surface area (Å²) in [6, 6.07) is 5.90. The van der Waals surface area contributed by atoms with E-state index in [0.717, 1.165) is 60.9 Å². The molecule has 3 aromatic heterocycles. The molecule has 0 unspecified atom stereocenters. The van der Waals surface area contributed by atoms with Gasteiger partial charge in [0.2, 0.25) is 0 Å². The van der Waals surface area contributed by atoms with Crippen molar-refractivity contribution in [2.24, 2.45) is 5.92 Å². The van der Waals surface area contributed by atoms with Crippen LogP contribution in [0.4, 0.5) is 11.6 Å². The van der Waals surface area contributed by atoms with Gasteiger partial charge in [-0.25, -0.2) is 9.97 Å². The highest BCUT2D eigenvalue weighted by Crippen LogP contribution is 2.30. The smallest absolute Gasteiger partial charge is 0.161 e. The molecule has 0 aliphatic heterocycles. The fraction of sp³-hybridized carbons (Fsp3) is 0.400. The molecule has 1 N–H and O–H groups in total. The number of anilines is 2. The zero-order chi connectivity index (χ0) is 17.9. The number of nitrogens with one attached hydrogen (secondary N) is 1. The van der Waals surface area contributed by atoms with E-state index in [9.17, 15) is 0 Å². The molecule has 3 aromatic rings. The van der Waals surface area contributed by atoms with Gasteiger partial charge in [-0.3, -0.25) is 9.67 Å². The largest absolute Gasteiger partial charge is 0.323 e. The molecule has 6 nitrogen and oxygen atoms in total. The van der Waals surface area contributed by atoms with Gasteiger partial charge in [-0.05, 0) is 43.7 Å². The van der Waals surface area contributed by atoms with E-state index >= 15 is 0 Å². The van der Waals surface area contributed by atoms with Gasteiger partial charge in [0.05, 0.1) is 0 Å². The number of aromatic nitrogens is 5. The van der Waals surface area contributed by atoms with Gasteiger partial charge in [-0.1, -0.05) is 13.8 Å². The Morgan fingerprint density at radius 2 is 1.96 bits per heavy atom. The number of hydrogen-bond acceptors (Lipinski definition) is 5. The molecule has 0 radical (unpaired) electrons. The lowest BCUT2D eigenvalue weighted by atomic mass is 10.1. The van der Waals surface area contributed by atoms with Gasteiger partial charge in [0, 0.05) is 48.0 Å². The van der Waals surface area contributed by atoms with Crippen LogP contribution in [0.3, 0.4) is 0 Å². The molecule has 0 atom stereocenters. The fourth-order valence-electron chi connectivity index (χ4n) is 3.23. The van der Waals surface area contributed by atoms with Crippen LogP contribution in [-0.4, -0.2) is 24.7 Å². The summed E-state index contributed by atoms with van der Waals surface area (Å²) in [5, 5.41) is 8.06. The predicted octanol–water partition coefficient (Wildman–Crippen LogP) is 4.01. The topological polar surface area (TPSA) is 68.5 Å². The van der Waals surface area contributed by atoms with Gasteiger partial charge in [0.1, 0.15) is 5.82 Å². The quantitative estimate of drug-likeness (QED) is 0.729. The Balaban J connectivity index is 1.61. The summed E-state index contributed by atoms with van der Waals surface area (Å²) in [5.74, 6) is 3.13. The fourth-order valence-corrected chi connectivity index (χ4v) is 3.23. The number of hydrogen-bond donors (Lipinski definition) is 1. The third-order valence-electron chi connectivity index (χ3n) is 4.69. The summed E-state index contributed by atoms with van der Waals surface area (Å²) >= 11 is 0. The van der Waals surface area contributed by atoms with Crippen molar-refractivity contribution >= 4 is 11.6 Å². The van der Waals surface area contributed by atoms with Crippen molar-refractivity contribution < 1.29 is 0 Å². The summed E-state index contributed by atoms with van der Waals surface area (Å²) in [6.45, 7) is 5.39. The molecule has 1 aliphatic carbocycles. The molecular weight excluding hydrogens is 324 g/mol. The van der Waals surface area contributed by atoms with Crippen LogP contribution in [0.1, 0.15) is 37.9 Å². The Morgan fingerprint density at radius 1 is 1.12 bits per heavy atom. The summed E-state index contributed by atoms with van der Waals surface area (Å²) in [4.78, 5) is 13.7. The molecular formula is C20H24N6. The molecule has 6 heteroatoms. The van der Waals surface area contributed by atoms with E-state index in [2.05, 4.69) is 29.2 Å². The number of fused-ring (bicyclic) bond motifs is 1. The number of aryl methyl sites for hydroxylation is 2. The second kappa shape index (κ2) is 7.23. The van der Waals surface area contributed by atoms with Gasteiger partial charge in [0.15, 0.2) is 11.6 Å². The number of rotatable bonds is 6. The molecule has 3 heterocycles. The van der Waals surface area contributed by atoms with E-state index in [-0.39, 0.29) is 0 Å². The minimum absolute atomic E-state index is 0.670. The first-order chi connectivity index (χ1) is 12.7. The molecule has 0 saturated carbocycles. The lowest BCUT2D eigenvalue weighted by Gasteiger charge is -2.11. The highest BCUT2D eigenvalue weighted by molar-refractivity contribution is 5.63. The van der Waals surface area contributed by atoms with Crippen LogP contribution in [0.25, 0.3) is 11.4 Å². The Hall–Kier alpha value is -2.76. The first-order valence-electron chi connectivity index (χ1n) is 9.29. The standard InChI is InChI=1S/C20H24N6/c1-14(2)8-12-26-13-9-18(25-26)23-20-16-4-3-5-17(16)22-19(24-20)15-6-10-21-11-7-15/h6-7,9-11,13-14H,3-5,8,12H2,1-2H3,(H,22,23,24,25). The molecule has 0 aromatic carbocycles. The Bertz CT molecular complexity index is 885. The first kappa shape index (κ1) is 16.7. The molecule has 134 valence electrons. The second-order valence-corrected chi connectivity index (χ2v) is 7.18. The summed E-state index contributed by atoms with van der Waals surface area (Å²) < 4.78 is 1.99. The predicted molar refractivity (Wildman–Crippen MR) is 102 cm³/mol. The van der Waals surface area contributed by atoms with Gasteiger partial charge < -0.3 is 5.32 Å². The van der Waals surface area contributed by atoms with Crippen molar-refractivity contribution in [1.82, 2.24) is 24.7 Å². The van der Waals surface area contributed by atoms with Crippen LogP contribution in [0.2, 0.25) is 0 Å². The Labute approximate surface area is 153 Å². The minimum atomic E-state index is 0.670. The van der Waals surface area contributed by atoms with Crippen LogP contribution in [0.15, 0.2) is 36.8 Å². The van der Waals surface area contributed by atoms with Gasteiger partial charge in [-0.15, -0.1) is 0 Å². The average molecular weight is 348 g/mol. The van der Waals surface area contributed by atoms with E-state index in [1.165, 1.54) is 5.56 Å². The van der Waals surface area contributed by atoms with Crippen molar-refractivity contribution in [1.29, 1.82) is 0 Å². The van der Waals surface area contributed by atoms with Crippen LogP contribution in [0, 0.1) is 5.92 Å².